The van der Waals surface area contributed by atoms with Crippen molar-refractivity contribution in [2.24, 2.45) is 5.41 Å². The molecule has 0 bridgehead atoms. The molecule has 112 valence electrons. The van der Waals surface area contributed by atoms with E-state index in [-0.39, 0.29) is 12.0 Å². The van der Waals surface area contributed by atoms with E-state index >= 15 is 0 Å². The third kappa shape index (κ3) is 3.12. The molecule has 0 radical (unpaired) electrons. The number of aliphatic hydroxyl groups is 1. The highest BCUT2D eigenvalue weighted by atomic mass is 16.5. The fourth-order valence-corrected chi connectivity index (χ4v) is 2.61. The zero-order valence-corrected chi connectivity index (χ0v) is 12.3. The average molecular weight is 287 g/mol. The third-order valence-corrected chi connectivity index (χ3v) is 4.00. The van der Waals surface area contributed by atoms with Gasteiger partial charge in [-0.1, -0.05) is 17.7 Å². The molecule has 0 aliphatic carbocycles. The summed E-state index contributed by atoms with van der Waals surface area (Å²) in [6.45, 7) is 4.91. The molecule has 3 rings (SSSR count). The van der Waals surface area contributed by atoms with Gasteiger partial charge in [0, 0.05) is 12.2 Å². The summed E-state index contributed by atoms with van der Waals surface area (Å²) < 4.78 is 10.8. The number of ether oxygens (including phenoxy) is 1. The summed E-state index contributed by atoms with van der Waals surface area (Å²) in [6, 6.07) is 12.3. The normalized spacial score (nSPS) is 16.5. The first-order valence-corrected chi connectivity index (χ1v) is 7.23. The molecule has 1 aromatic heterocycles. The Balaban J connectivity index is 1.81. The molecule has 1 aliphatic rings. The zero-order chi connectivity index (χ0) is 14.7. The lowest BCUT2D eigenvalue weighted by Crippen LogP contribution is -2.53. The number of aryl methyl sites for hydroxylation is 1. The van der Waals surface area contributed by atoms with Crippen LogP contribution in [-0.4, -0.2) is 31.5 Å². The highest BCUT2D eigenvalue weighted by Gasteiger charge is 2.40. The van der Waals surface area contributed by atoms with Crippen molar-refractivity contribution in [2.75, 3.05) is 31.3 Å². The van der Waals surface area contributed by atoms with E-state index in [4.69, 9.17) is 9.15 Å². The van der Waals surface area contributed by atoms with E-state index in [0.29, 0.717) is 19.8 Å². The summed E-state index contributed by atoms with van der Waals surface area (Å²) in [7, 11) is 0. The molecule has 0 unspecified atom stereocenters. The largest absolute Gasteiger partial charge is 0.467 e. The van der Waals surface area contributed by atoms with Gasteiger partial charge in [-0.2, -0.15) is 0 Å². The van der Waals surface area contributed by atoms with Gasteiger partial charge in [-0.25, -0.2) is 0 Å². The van der Waals surface area contributed by atoms with Gasteiger partial charge < -0.3 is 19.2 Å². The van der Waals surface area contributed by atoms with Gasteiger partial charge in [-0.05, 0) is 31.2 Å². The SMILES string of the molecule is Cc1ccc(N(Cc2ccco2)CC2(CO)COC2)cc1. The lowest BCUT2D eigenvalue weighted by molar-refractivity contribution is -0.131. The van der Waals surface area contributed by atoms with Crippen LogP contribution in [0.25, 0.3) is 0 Å². The van der Waals surface area contributed by atoms with Gasteiger partial charge in [0.25, 0.3) is 0 Å². The molecule has 1 aromatic carbocycles. The molecule has 21 heavy (non-hydrogen) atoms. The minimum atomic E-state index is -0.155. The molecule has 1 aliphatic heterocycles. The Bertz CT molecular complexity index is 553. The first-order chi connectivity index (χ1) is 10.2. The number of furan rings is 1. The number of anilines is 1. The van der Waals surface area contributed by atoms with E-state index in [0.717, 1.165) is 18.0 Å². The maximum Gasteiger partial charge on any atom is 0.123 e. The summed E-state index contributed by atoms with van der Waals surface area (Å²) >= 11 is 0. The smallest absolute Gasteiger partial charge is 0.123 e. The molecular weight excluding hydrogens is 266 g/mol. The van der Waals surface area contributed by atoms with E-state index in [1.807, 2.05) is 12.1 Å². The molecular formula is C17H21NO3. The van der Waals surface area contributed by atoms with Gasteiger partial charge in [-0.15, -0.1) is 0 Å². The molecule has 1 N–H and O–H groups in total. The number of hydrogen-bond donors (Lipinski definition) is 1. The number of benzene rings is 1. The first kappa shape index (κ1) is 14.2. The first-order valence-electron chi connectivity index (χ1n) is 7.23. The quantitative estimate of drug-likeness (QED) is 0.887. The highest BCUT2D eigenvalue weighted by molar-refractivity contribution is 5.48. The van der Waals surface area contributed by atoms with E-state index in [2.05, 4.69) is 36.1 Å². The van der Waals surface area contributed by atoms with E-state index < -0.39 is 0 Å². The minimum absolute atomic E-state index is 0.146. The Kier molecular flexibility index (Phi) is 3.99. The van der Waals surface area contributed by atoms with Crippen LogP contribution in [0.2, 0.25) is 0 Å². The zero-order valence-electron chi connectivity index (χ0n) is 12.3. The maximum absolute atomic E-state index is 9.67. The Labute approximate surface area is 124 Å². The molecule has 4 heteroatoms. The Morgan fingerprint density at radius 1 is 1.19 bits per heavy atom. The van der Waals surface area contributed by atoms with E-state index in [1.54, 1.807) is 6.26 Å². The van der Waals surface area contributed by atoms with Gasteiger partial charge in [0.15, 0.2) is 0 Å². The predicted molar refractivity (Wildman–Crippen MR) is 81.3 cm³/mol. The Hall–Kier alpha value is -1.78. The molecule has 2 aromatic rings. The summed E-state index contributed by atoms with van der Waals surface area (Å²) in [5.74, 6) is 0.920. The fourth-order valence-electron chi connectivity index (χ4n) is 2.61. The Morgan fingerprint density at radius 2 is 1.95 bits per heavy atom. The van der Waals surface area contributed by atoms with Crippen molar-refractivity contribution in [3.05, 3.63) is 54.0 Å². The molecule has 1 saturated heterocycles. The predicted octanol–water partition coefficient (Wildman–Crippen LogP) is 2.60. The average Bonchev–Trinajstić information content (AvgIpc) is 2.95. The van der Waals surface area contributed by atoms with Crippen molar-refractivity contribution in [1.29, 1.82) is 0 Å². The lowest BCUT2D eigenvalue weighted by Gasteiger charge is -2.43. The molecule has 1 fully saturated rings. The Morgan fingerprint density at radius 3 is 2.48 bits per heavy atom. The van der Waals surface area contributed by atoms with E-state index in [1.165, 1.54) is 5.56 Å². The third-order valence-electron chi connectivity index (χ3n) is 4.00. The second-order valence-corrected chi connectivity index (χ2v) is 5.92. The molecule has 0 atom stereocenters. The van der Waals surface area contributed by atoms with Crippen LogP contribution in [0.4, 0.5) is 5.69 Å². The van der Waals surface area contributed by atoms with Crippen LogP contribution in [0.1, 0.15) is 11.3 Å². The van der Waals surface area contributed by atoms with Crippen LogP contribution in [0, 0.1) is 12.3 Å². The molecule has 2 heterocycles. The van der Waals surface area contributed by atoms with Crippen LogP contribution >= 0.6 is 0 Å². The van der Waals surface area contributed by atoms with Crippen LogP contribution in [-0.2, 0) is 11.3 Å². The monoisotopic (exact) mass is 287 g/mol. The standard InChI is InChI=1S/C17H21NO3/c1-14-4-6-15(7-5-14)18(9-16-3-2-8-21-16)10-17(11-19)12-20-13-17/h2-8,19H,9-13H2,1H3. The van der Waals surface area contributed by atoms with E-state index in [9.17, 15) is 5.11 Å². The molecule has 0 saturated carbocycles. The number of rotatable bonds is 6. The van der Waals surface area contributed by atoms with Gasteiger partial charge in [-0.3, -0.25) is 0 Å². The van der Waals surface area contributed by atoms with Gasteiger partial charge in [0.2, 0.25) is 0 Å². The van der Waals surface area contributed by atoms with Crippen LogP contribution in [0.5, 0.6) is 0 Å². The summed E-state index contributed by atoms with van der Waals surface area (Å²) in [5.41, 5.74) is 2.22. The topological polar surface area (TPSA) is 45.8 Å². The fraction of sp³-hybridized carbons (Fsp3) is 0.412. The van der Waals surface area contributed by atoms with Crippen molar-refractivity contribution >= 4 is 5.69 Å². The van der Waals surface area contributed by atoms with Crippen molar-refractivity contribution < 1.29 is 14.3 Å². The molecule has 0 spiro atoms. The molecule has 4 nitrogen and oxygen atoms in total. The van der Waals surface area contributed by atoms with Gasteiger partial charge in [0.05, 0.1) is 38.0 Å². The summed E-state index contributed by atoms with van der Waals surface area (Å²) in [6.07, 6.45) is 1.69. The second-order valence-electron chi connectivity index (χ2n) is 5.92. The van der Waals surface area contributed by atoms with Crippen LogP contribution in [0.3, 0.4) is 0 Å². The number of nitrogens with zero attached hydrogens (tertiary/aromatic N) is 1. The minimum Gasteiger partial charge on any atom is -0.467 e. The number of aliphatic hydroxyl groups excluding tert-OH is 1. The summed E-state index contributed by atoms with van der Waals surface area (Å²) in [5, 5.41) is 9.67. The van der Waals surface area contributed by atoms with Gasteiger partial charge >= 0.3 is 0 Å². The van der Waals surface area contributed by atoms with Crippen molar-refractivity contribution in [3.8, 4) is 0 Å². The highest BCUT2D eigenvalue weighted by Crippen LogP contribution is 2.31. The van der Waals surface area contributed by atoms with Gasteiger partial charge in [0.1, 0.15) is 5.76 Å². The van der Waals surface area contributed by atoms with Crippen LogP contribution < -0.4 is 4.90 Å². The van der Waals surface area contributed by atoms with Crippen molar-refractivity contribution in [3.63, 3.8) is 0 Å². The maximum atomic E-state index is 9.67. The van der Waals surface area contributed by atoms with Crippen molar-refractivity contribution in [2.45, 2.75) is 13.5 Å². The summed E-state index contributed by atoms with van der Waals surface area (Å²) in [4.78, 5) is 2.25. The van der Waals surface area contributed by atoms with Crippen LogP contribution in [0.15, 0.2) is 47.1 Å². The molecule has 0 amide bonds. The lowest BCUT2D eigenvalue weighted by atomic mass is 9.86. The number of hydrogen-bond acceptors (Lipinski definition) is 4. The van der Waals surface area contributed by atoms with Crippen molar-refractivity contribution in [1.82, 2.24) is 0 Å². The second kappa shape index (κ2) is 5.92.